The van der Waals surface area contributed by atoms with E-state index in [4.69, 9.17) is 4.74 Å². The van der Waals surface area contributed by atoms with Gasteiger partial charge in [-0.1, -0.05) is 28.1 Å². The number of aromatic nitrogens is 2. The van der Waals surface area contributed by atoms with Gasteiger partial charge in [-0.3, -0.25) is 4.79 Å². The molecule has 26 heavy (non-hydrogen) atoms. The summed E-state index contributed by atoms with van der Waals surface area (Å²) >= 11 is 3.42. The molecule has 0 aliphatic heterocycles. The molecule has 0 atom stereocenters. The lowest BCUT2D eigenvalue weighted by atomic mass is 10.2. The quantitative estimate of drug-likeness (QED) is 0.619. The Bertz CT molecular complexity index is 904. The predicted molar refractivity (Wildman–Crippen MR) is 105 cm³/mol. The number of benzene rings is 2. The average molecular weight is 414 g/mol. The van der Waals surface area contributed by atoms with Crippen LogP contribution in [0.15, 0.2) is 59.2 Å². The first kappa shape index (κ1) is 18.2. The van der Waals surface area contributed by atoms with Crippen molar-refractivity contribution >= 4 is 21.8 Å². The van der Waals surface area contributed by atoms with Gasteiger partial charge >= 0.3 is 0 Å². The van der Waals surface area contributed by atoms with Gasteiger partial charge in [0.1, 0.15) is 12.4 Å². The maximum atomic E-state index is 12.4. The zero-order valence-electron chi connectivity index (χ0n) is 14.7. The summed E-state index contributed by atoms with van der Waals surface area (Å²) in [5.74, 6) is 0.650. The lowest BCUT2D eigenvalue weighted by molar-refractivity contribution is 0.0946. The second-order valence-corrected chi connectivity index (χ2v) is 6.87. The highest BCUT2D eigenvalue weighted by Gasteiger charge is 2.14. The lowest BCUT2D eigenvalue weighted by Crippen LogP contribution is -2.28. The normalized spacial score (nSPS) is 10.6. The Morgan fingerprint density at radius 3 is 2.69 bits per heavy atom. The highest BCUT2D eigenvalue weighted by Crippen LogP contribution is 2.17. The zero-order chi connectivity index (χ0) is 18.5. The molecule has 0 aliphatic carbocycles. The van der Waals surface area contributed by atoms with Gasteiger partial charge in [0.15, 0.2) is 0 Å². The van der Waals surface area contributed by atoms with Crippen LogP contribution < -0.4 is 10.1 Å². The van der Waals surface area contributed by atoms with E-state index in [2.05, 4.69) is 26.3 Å². The molecule has 0 aliphatic rings. The van der Waals surface area contributed by atoms with E-state index in [0.29, 0.717) is 18.7 Å². The minimum atomic E-state index is -0.154. The molecule has 0 radical (unpaired) electrons. The van der Waals surface area contributed by atoms with Crippen LogP contribution in [0.3, 0.4) is 0 Å². The number of nitrogens with one attached hydrogen (secondary N) is 1. The Kier molecular flexibility index (Phi) is 5.73. The van der Waals surface area contributed by atoms with Crippen molar-refractivity contribution in [1.29, 1.82) is 0 Å². The van der Waals surface area contributed by atoms with Gasteiger partial charge in [-0.15, -0.1) is 0 Å². The average Bonchev–Trinajstić information content (AvgIpc) is 3.01. The number of amides is 1. The first-order chi connectivity index (χ1) is 12.5. The van der Waals surface area contributed by atoms with Crippen LogP contribution in [0.1, 0.15) is 21.6 Å². The number of hydrogen-bond acceptors (Lipinski definition) is 3. The number of hydrogen-bond donors (Lipinski definition) is 1. The summed E-state index contributed by atoms with van der Waals surface area (Å²) in [6.45, 7) is 4.73. The lowest BCUT2D eigenvalue weighted by Gasteiger charge is -2.09. The molecule has 1 amide bonds. The third-order valence-electron chi connectivity index (χ3n) is 3.97. The van der Waals surface area contributed by atoms with Gasteiger partial charge < -0.3 is 10.1 Å². The van der Waals surface area contributed by atoms with Crippen LogP contribution >= 0.6 is 15.9 Å². The van der Waals surface area contributed by atoms with Crippen LogP contribution in [0.2, 0.25) is 0 Å². The third-order valence-corrected chi connectivity index (χ3v) is 4.50. The topological polar surface area (TPSA) is 56.1 Å². The van der Waals surface area contributed by atoms with E-state index >= 15 is 0 Å². The molecule has 5 nitrogen and oxygen atoms in total. The molecule has 2 aromatic carbocycles. The van der Waals surface area contributed by atoms with Crippen LogP contribution in [-0.4, -0.2) is 28.8 Å². The number of halogens is 1. The number of ether oxygens (including phenoxy) is 1. The van der Waals surface area contributed by atoms with E-state index in [9.17, 15) is 4.79 Å². The van der Waals surface area contributed by atoms with Gasteiger partial charge in [-0.25, -0.2) is 4.68 Å². The molecule has 6 heteroatoms. The molecule has 0 unspecified atom stereocenters. The number of nitrogens with zero attached hydrogens (tertiary/aromatic N) is 2. The highest BCUT2D eigenvalue weighted by atomic mass is 79.9. The maximum Gasteiger partial charge on any atom is 0.254 e. The minimum Gasteiger partial charge on any atom is -0.492 e. The van der Waals surface area contributed by atoms with Crippen LogP contribution in [0.25, 0.3) is 5.69 Å². The number of rotatable bonds is 6. The van der Waals surface area contributed by atoms with Crippen molar-refractivity contribution in [2.75, 3.05) is 13.2 Å². The summed E-state index contributed by atoms with van der Waals surface area (Å²) in [6, 6.07) is 15.6. The Labute approximate surface area is 161 Å². The molecule has 3 rings (SSSR count). The summed E-state index contributed by atoms with van der Waals surface area (Å²) in [6.07, 6.45) is 1.59. The van der Waals surface area contributed by atoms with Gasteiger partial charge in [0.25, 0.3) is 5.91 Å². The van der Waals surface area contributed by atoms with E-state index in [0.717, 1.165) is 27.2 Å². The van der Waals surface area contributed by atoms with E-state index in [1.807, 2.05) is 62.4 Å². The summed E-state index contributed by atoms with van der Waals surface area (Å²) < 4.78 is 8.40. The second kappa shape index (κ2) is 8.19. The molecule has 0 fully saturated rings. The van der Waals surface area contributed by atoms with Crippen molar-refractivity contribution in [2.45, 2.75) is 13.8 Å². The van der Waals surface area contributed by atoms with Gasteiger partial charge in [0, 0.05) is 4.47 Å². The van der Waals surface area contributed by atoms with Gasteiger partial charge in [0.2, 0.25) is 0 Å². The van der Waals surface area contributed by atoms with Gasteiger partial charge in [-0.2, -0.15) is 5.10 Å². The molecule has 0 saturated heterocycles. The van der Waals surface area contributed by atoms with Crippen molar-refractivity contribution in [3.8, 4) is 11.4 Å². The van der Waals surface area contributed by atoms with E-state index < -0.39 is 0 Å². The standard InChI is InChI=1S/C20H20BrN3O2/c1-14-4-3-5-18(12-14)26-11-10-22-20(25)19-13-23-24(15(19)2)17-8-6-16(21)7-9-17/h3-9,12-13H,10-11H2,1-2H3,(H,22,25). The van der Waals surface area contributed by atoms with Crippen molar-refractivity contribution in [1.82, 2.24) is 15.1 Å². The molecule has 1 heterocycles. The monoisotopic (exact) mass is 413 g/mol. The van der Waals surface area contributed by atoms with E-state index in [1.165, 1.54) is 0 Å². The molecule has 3 aromatic rings. The fourth-order valence-corrected chi connectivity index (χ4v) is 2.87. The highest BCUT2D eigenvalue weighted by molar-refractivity contribution is 9.10. The molecule has 134 valence electrons. The second-order valence-electron chi connectivity index (χ2n) is 5.95. The molecule has 0 bridgehead atoms. The Morgan fingerprint density at radius 2 is 1.96 bits per heavy atom. The molecular formula is C20H20BrN3O2. The number of aryl methyl sites for hydroxylation is 1. The fourth-order valence-electron chi connectivity index (χ4n) is 2.61. The first-order valence-corrected chi connectivity index (χ1v) is 9.12. The molecule has 0 spiro atoms. The summed E-state index contributed by atoms with van der Waals surface area (Å²) in [5, 5.41) is 7.21. The molecule has 0 saturated carbocycles. The molecular weight excluding hydrogens is 394 g/mol. The van der Waals surface area contributed by atoms with Crippen molar-refractivity contribution in [3.63, 3.8) is 0 Å². The number of carbonyl (C=O) groups is 1. The van der Waals surface area contributed by atoms with Crippen molar-refractivity contribution < 1.29 is 9.53 Å². The zero-order valence-corrected chi connectivity index (χ0v) is 16.3. The van der Waals surface area contributed by atoms with Crippen LogP contribution in [0, 0.1) is 13.8 Å². The Hall–Kier alpha value is -2.60. The van der Waals surface area contributed by atoms with E-state index in [-0.39, 0.29) is 5.91 Å². The molecule has 1 aromatic heterocycles. The first-order valence-electron chi connectivity index (χ1n) is 8.33. The maximum absolute atomic E-state index is 12.4. The van der Waals surface area contributed by atoms with Gasteiger partial charge in [-0.05, 0) is 55.8 Å². The molecule has 1 N–H and O–H groups in total. The smallest absolute Gasteiger partial charge is 0.254 e. The van der Waals surface area contributed by atoms with Crippen LogP contribution in [0.4, 0.5) is 0 Å². The largest absolute Gasteiger partial charge is 0.492 e. The van der Waals surface area contributed by atoms with Crippen molar-refractivity contribution in [3.05, 3.63) is 76.0 Å². The SMILES string of the molecule is Cc1cccc(OCCNC(=O)c2cnn(-c3ccc(Br)cc3)c2C)c1. The predicted octanol–water partition coefficient (Wildman–Crippen LogP) is 4.06. The van der Waals surface area contributed by atoms with Crippen molar-refractivity contribution in [2.24, 2.45) is 0 Å². The third kappa shape index (κ3) is 4.32. The number of carbonyl (C=O) groups excluding carboxylic acids is 1. The minimum absolute atomic E-state index is 0.154. The van der Waals surface area contributed by atoms with E-state index in [1.54, 1.807) is 10.9 Å². The summed E-state index contributed by atoms with van der Waals surface area (Å²) in [5.41, 5.74) is 3.41. The summed E-state index contributed by atoms with van der Waals surface area (Å²) in [7, 11) is 0. The fraction of sp³-hybridized carbons (Fsp3) is 0.200. The van der Waals surface area contributed by atoms with Crippen LogP contribution in [-0.2, 0) is 0 Å². The Balaban J connectivity index is 1.57. The van der Waals surface area contributed by atoms with Gasteiger partial charge in [0.05, 0.1) is 29.7 Å². The summed E-state index contributed by atoms with van der Waals surface area (Å²) in [4.78, 5) is 12.4. The Morgan fingerprint density at radius 1 is 1.19 bits per heavy atom. The van der Waals surface area contributed by atoms with Crippen LogP contribution in [0.5, 0.6) is 5.75 Å².